The molecule has 1 N–H and O–H groups in total. The molecule has 0 radical (unpaired) electrons. The molecule has 2 aromatic rings. The number of hydrogen-bond donors (Lipinski definition) is 1. The molecule has 7 heteroatoms. The van der Waals surface area contributed by atoms with E-state index >= 15 is 0 Å². The van der Waals surface area contributed by atoms with Gasteiger partial charge < -0.3 is 9.84 Å². The maximum atomic E-state index is 13.1. The lowest BCUT2D eigenvalue weighted by Crippen LogP contribution is -2.21. The highest BCUT2D eigenvalue weighted by Crippen LogP contribution is 2.29. The van der Waals surface area contributed by atoms with Crippen LogP contribution in [-0.2, 0) is 24.2 Å². The van der Waals surface area contributed by atoms with Gasteiger partial charge in [0.2, 0.25) is 0 Å². The lowest BCUT2D eigenvalue weighted by atomic mass is 10.1. The smallest absolute Gasteiger partial charge is 0.303 e. The SMILES string of the molecule is O=C(O)CCc1cn(CC2Cc3cc(F)ccc3O2)nn1. The van der Waals surface area contributed by atoms with Gasteiger partial charge in [0.05, 0.1) is 18.7 Å². The first-order valence-corrected chi connectivity index (χ1v) is 6.66. The molecule has 1 aliphatic rings. The van der Waals surface area contributed by atoms with Gasteiger partial charge in [-0.25, -0.2) is 9.07 Å². The van der Waals surface area contributed by atoms with E-state index in [1.807, 2.05) is 0 Å². The third kappa shape index (κ3) is 3.18. The van der Waals surface area contributed by atoms with Crippen molar-refractivity contribution < 1.29 is 19.0 Å². The molecule has 1 unspecified atom stereocenters. The Balaban J connectivity index is 1.60. The van der Waals surface area contributed by atoms with Crippen LogP contribution < -0.4 is 4.74 Å². The fraction of sp³-hybridized carbons (Fsp3) is 0.357. The van der Waals surface area contributed by atoms with Crippen molar-refractivity contribution in [2.24, 2.45) is 0 Å². The summed E-state index contributed by atoms with van der Waals surface area (Å²) >= 11 is 0. The van der Waals surface area contributed by atoms with Crippen molar-refractivity contribution in [3.63, 3.8) is 0 Å². The van der Waals surface area contributed by atoms with E-state index in [0.29, 0.717) is 30.8 Å². The first kappa shape index (κ1) is 13.5. The van der Waals surface area contributed by atoms with Gasteiger partial charge in [-0.3, -0.25) is 4.79 Å². The van der Waals surface area contributed by atoms with Gasteiger partial charge in [0.15, 0.2) is 0 Å². The highest BCUT2D eigenvalue weighted by Gasteiger charge is 2.24. The Morgan fingerprint density at radius 2 is 2.38 bits per heavy atom. The van der Waals surface area contributed by atoms with Gasteiger partial charge in [-0.15, -0.1) is 5.10 Å². The topological polar surface area (TPSA) is 77.2 Å². The minimum Gasteiger partial charge on any atom is -0.488 e. The van der Waals surface area contributed by atoms with Crippen LogP contribution in [0.2, 0.25) is 0 Å². The van der Waals surface area contributed by atoms with Gasteiger partial charge in [-0.1, -0.05) is 5.21 Å². The van der Waals surface area contributed by atoms with Gasteiger partial charge >= 0.3 is 5.97 Å². The molecule has 0 fully saturated rings. The molecule has 0 saturated carbocycles. The predicted molar refractivity (Wildman–Crippen MR) is 70.5 cm³/mol. The highest BCUT2D eigenvalue weighted by molar-refractivity contribution is 5.66. The molecule has 1 atom stereocenters. The normalized spacial score (nSPS) is 16.5. The second-order valence-corrected chi connectivity index (χ2v) is 5.02. The van der Waals surface area contributed by atoms with Crippen LogP contribution in [0.1, 0.15) is 17.7 Å². The quantitative estimate of drug-likeness (QED) is 0.902. The number of carbonyl (C=O) groups is 1. The molecule has 0 aliphatic carbocycles. The fourth-order valence-electron chi connectivity index (χ4n) is 2.38. The number of hydrogen-bond acceptors (Lipinski definition) is 4. The zero-order valence-electron chi connectivity index (χ0n) is 11.2. The van der Waals surface area contributed by atoms with Gasteiger partial charge in [0, 0.05) is 24.6 Å². The zero-order valence-corrected chi connectivity index (χ0v) is 11.2. The first-order chi connectivity index (χ1) is 10.1. The molecule has 0 saturated heterocycles. The molecule has 21 heavy (non-hydrogen) atoms. The number of carboxylic acids is 1. The summed E-state index contributed by atoms with van der Waals surface area (Å²) in [6, 6.07) is 4.49. The summed E-state index contributed by atoms with van der Waals surface area (Å²) in [5, 5.41) is 16.5. The number of fused-ring (bicyclic) bond motifs is 1. The van der Waals surface area contributed by atoms with Crippen molar-refractivity contribution in [2.45, 2.75) is 31.9 Å². The summed E-state index contributed by atoms with van der Waals surface area (Å²) in [6.45, 7) is 0.496. The van der Waals surface area contributed by atoms with Crippen LogP contribution >= 0.6 is 0 Å². The summed E-state index contributed by atoms with van der Waals surface area (Å²) in [4.78, 5) is 10.5. The van der Waals surface area contributed by atoms with Gasteiger partial charge in [-0.05, 0) is 18.2 Å². The van der Waals surface area contributed by atoms with Crippen molar-refractivity contribution >= 4 is 5.97 Å². The van der Waals surface area contributed by atoms with Crippen molar-refractivity contribution in [1.29, 1.82) is 0 Å². The molecule has 2 heterocycles. The van der Waals surface area contributed by atoms with Crippen molar-refractivity contribution in [3.8, 4) is 5.75 Å². The molecule has 110 valence electrons. The Bertz CT molecular complexity index is 671. The third-order valence-electron chi connectivity index (χ3n) is 3.34. The Hall–Kier alpha value is -2.44. The van der Waals surface area contributed by atoms with E-state index in [1.54, 1.807) is 16.9 Å². The van der Waals surface area contributed by atoms with Crippen molar-refractivity contribution in [2.75, 3.05) is 0 Å². The average molecular weight is 291 g/mol. The van der Waals surface area contributed by atoms with Gasteiger partial charge in [0.1, 0.15) is 17.7 Å². The second kappa shape index (κ2) is 5.51. The number of halogens is 1. The van der Waals surface area contributed by atoms with E-state index in [0.717, 1.165) is 5.56 Å². The number of aromatic nitrogens is 3. The number of ether oxygens (including phenoxy) is 1. The van der Waals surface area contributed by atoms with E-state index in [4.69, 9.17) is 9.84 Å². The number of rotatable bonds is 5. The number of aryl methyl sites for hydroxylation is 1. The minimum atomic E-state index is -0.860. The summed E-state index contributed by atoms with van der Waals surface area (Å²) in [5.74, 6) is -0.427. The van der Waals surface area contributed by atoms with Crippen LogP contribution in [0.3, 0.4) is 0 Å². The Kier molecular flexibility index (Phi) is 3.55. The number of benzene rings is 1. The van der Waals surface area contributed by atoms with E-state index in [9.17, 15) is 9.18 Å². The molecule has 0 spiro atoms. The van der Waals surface area contributed by atoms with Gasteiger partial charge in [0.25, 0.3) is 0 Å². The standard InChI is InChI=1S/C14H14FN3O3/c15-10-1-3-13-9(5-10)6-12(21-13)8-18-7-11(16-17-18)2-4-14(19)20/h1,3,5,7,12H,2,4,6,8H2,(H,19,20). The summed E-state index contributed by atoms with van der Waals surface area (Å²) < 4.78 is 20.5. The Morgan fingerprint density at radius 1 is 1.52 bits per heavy atom. The lowest BCUT2D eigenvalue weighted by molar-refractivity contribution is -0.136. The molecule has 0 amide bonds. The summed E-state index contributed by atoms with van der Waals surface area (Å²) in [7, 11) is 0. The van der Waals surface area contributed by atoms with Crippen LogP contribution in [0.5, 0.6) is 5.75 Å². The Labute approximate surface area is 120 Å². The van der Waals surface area contributed by atoms with Crippen molar-refractivity contribution in [3.05, 3.63) is 41.5 Å². The number of carboxylic acid groups (broad SMARTS) is 1. The molecule has 1 aromatic carbocycles. The molecule has 6 nitrogen and oxygen atoms in total. The van der Waals surface area contributed by atoms with Crippen LogP contribution in [0, 0.1) is 5.82 Å². The fourth-order valence-corrected chi connectivity index (χ4v) is 2.38. The molecule has 1 aromatic heterocycles. The van der Waals surface area contributed by atoms with E-state index in [-0.39, 0.29) is 18.3 Å². The third-order valence-corrected chi connectivity index (χ3v) is 3.34. The number of aliphatic carboxylic acids is 1. The lowest BCUT2D eigenvalue weighted by Gasteiger charge is -2.09. The maximum Gasteiger partial charge on any atom is 0.303 e. The van der Waals surface area contributed by atoms with Crippen LogP contribution in [-0.4, -0.2) is 32.2 Å². The molecule has 1 aliphatic heterocycles. The zero-order chi connectivity index (χ0) is 14.8. The minimum absolute atomic E-state index is 0.0311. The Morgan fingerprint density at radius 3 is 3.19 bits per heavy atom. The predicted octanol–water partition coefficient (Wildman–Crippen LogP) is 1.44. The monoisotopic (exact) mass is 291 g/mol. The van der Waals surface area contributed by atoms with Gasteiger partial charge in [-0.2, -0.15) is 0 Å². The molecule has 0 bridgehead atoms. The molecular weight excluding hydrogens is 277 g/mol. The molecule has 3 rings (SSSR count). The van der Waals surface area contributed by atoms with Crippen molar-refractivity contribution in [1.82, 2.24) is 15.0 Å². The number of nitrogens with zero attached hydrogens (tertiary/aromatic N) is 3. The average Bonchev–Trinajstić information content (AvgIpc) is 3.02. The highest BCUT2D eigenvalue weighted by atomic mass is 19.1. The molecular formula is C14H14FN3O3. The maximum absolute atomic E-state index is 13.1. The van der Waals surface area contributed by atoms with Crippen LogP contribution in [0.4, 0.5) is 4.39 Å². The largest absolute Gasteiger partial charge is 0.488 e. The van der Waals surface area contributed by atoms with E-state index < -0.39 is 5.97 Å². The first-order valence-electron chi connectivity index (χ1n) is 6.66. The summed E-state index contributed by atoms with van der Waals surface area (Å²) in [5.41, 5.74) is 1.49. The van der Waals surface area contributed by atoms with Crippen LogP contribution in [0.25, 0.3) is 0 Å². The summed E-state index contributed by atoms with van der Waals surface area (Å²) in [6.07, 6.45) is 2.61. The van der Waals surface area contributed by atoms with E-state index in [2.05, 4.69) is 10.3 Å². The van der Waals surface area contributed by atoms with Crippen LogP contribution in [0.15, 0.2) is 24.4 Å². The second-order valence-electron chi connectivity index (χ2n) is 5.02. The van der Waals surface area contributed by atoms with E-state index in [1.165, 1.54) is 12.1 Å².